The lowest BCUT2D eigenvalue weighted by atomic mass is 10.1. The van der Waals surface area contributed by atoms with E-state index < -0.39 is 6.04 Å². The Hall–Kier alpha value is -4.64. The van der Waals surface area contributed by atoms with Gasteiger partial charge in [-0.2, -0.15) is 5.26 Å². The second-order valence-corrected chi connectivity index (χ2v) is 8.66. The zero-order chi connectivity index (χ0) is 25.2. The van der Waals surface area contributed by atoms with Crippen molar-refractivity contribution < 1.29 is 14.4 Å². The van der Waals surface area contributed by atoms with E-state index >= 15 is 0 Å². The summed E-state index contributed by atoms with van der Waals surface area (Å²) >= 11 is 0. The molecule has 0 bridgehead atoms. The number of carbonyl (C=O) groups excluding carboxylic acids is 2. The molecule has 0 aliphatic carbocycles. The van der Waals surface area contributed by atoms with Gasteiger partial charge in [-0.3, -0.25) is 9.59 Å². The van der Waals surface area contributed by atoms with Crippen molar-refractivity contribution in [2.75, 3.05) is 19.0 Å². The molecule has 3 aromatic carbocycles. The quantitative estimate of drug-likeness (QED) is 0.425. The summed E-state index contributed by atoms with van der Waals surface area (Å²) in [5.74, 6) is -0.598. The molecule has 0 unspecified atom stereocenters. The Bertz CT molecular complexity index is 1550. The number of para-hydroxylation sites is 1. The third-order valence-corrected chi connectivity index (χ3v) is 6.56. The van der Waals surface area contributed by atoms with Crippen LogP contribution in [0.4, 0.5) is 5.69 Å². The first kappa shape index (κ1) is 23.1. The number of nitrogens with zero attached hydrogens (tertiary/aromatic N) is 4. The maximum Gasteiger partial charge on any atom is 0.254 e. The molecule has 5 rings (SSSR count). The number of amides is 2. The molecule has 8 nitrogen and oxygen atoms in total. The molecule has 1 saturated heterocycles. The molecule has 0 saturated carbocycles. The van der Waals surface area contributed by atoms with E-state index in [9.17, 15) is 9.59 Å². The lowest BCUT2D eigenvalue weighted by Crippen LogP contribution is -2.43. The SMILES string of the molecule is CCn1c2ccccc2c2cc(NC(=O)[C@@H]3CC(=NOC)CN3C(=O)c3ccc(C#N)cc3)ccc21. The molecule has 36 heavy (non-hydrogen) atoms. The van der Waals surface area contributed by atoms with Crippen LogP contribution in [0, 0.1) is 11.3 Å². The van der Waals surface area contributed by atoms with Gasteiger partial charge in [-0.05, 0) is 55.5 Å². The molecule has 180 valence electrons. The summed E-state index contributed by atoms with van der Waals surface area (Å²) in [5, 5.41) is 18.2. The number of carbonyl (C=O) groups is 2. The average Bonchev–Trinajstić information content (AvgIpc) is 3.47. The second kappa shape index (κ2) is 9.55. The van der Waals surface area contributed by atoms with Gasteiger partial charge in [0.25, 0.3) is 5.91 Å². The van der Waals surface area contributed by atoms with E-state index in [1.165, 1.54) is 12.0 Å². The summed E-state index contributed by atoms with van der Waals surface area (Å²) in [4.78, 5) is 33.1. The van der Waals surface area contributed by atoms with Crippen LogP contribution >= 0.6 is 0 Å². The Kier molecular flexibility index (Phi) is 6.13. The topological polar surface area (TPSA) is 99.7 Å². The average molecular weight is 480 g/mol. The maximum atomic E-state index is 13.4. The number of nitrogens with one attached hydrogen (secondary N) is 1. The Balaban J connectivity index is 1.44. The van der Waals surface area contributed by atoms with Crippen molar-refractivity contribution >= 4 is 45.0 Å². The van der Waals surface area contributed by atoms with Crippen LogP contribution in [0.15, 0.2) is 71.9 Å². The van der Waals surface area contributed by atoms with Gasteiger partial charge in [0, 0.05) is 46.0 Å². The van der Waals surface area contributed by atoms with Gasteiger partial charge in [0.15, 0.2) is 0 Å². The van der Waals surface area contributed by atoms with E-state index in [4.69, 9.17) is 10.1 Å². The first-order chi connectivity index (χ1) is 17.5. The zero-order valence-electron chi connectivity index (χ0n) is 20.1. The fourth-order valence-electron chi connectivity index (χ4n) is 4.90. The number of nitriles is 1. The van der Waals surface area contributed by atoms with Crippen molar-refractivity contribution in [2.45, 2.75) is 25.9 Å². The standard InChI is InChI=1S/C28H25N5O3/c1-3-32-24-7-5-4-6-22(24)23-14-20(12-13-25(23)32)30-27(34)26-15-21(31-36-2)17-33(26)28(35)19-10-8-18(16-29)9-11-19/h4-14,26H,3,15,17H2,1-2H3,(H,30,34)/t26-/m0/s1. The van der Waals surface area contributed by atoms with Crippen molar-refractivity contribution in [3.63, 3.8) is 0 Å². The molecule has 1 aliphatic rings. The summed E-state index contributed by atoms with van der Waals surface area (Å²) < 4.78 is 2.25. The minimum atomic E-state index is -0.741. The summed E-state index contributed by atoms with van der Waals surface area (Å²) in [7, 11) is 1.44. The predicted octanol–water partition coefficient (Wildman–Crippen LogP) is 4.54. The van der Waals surface area contributed by atoms with E-state index in [0.717, 1.165) is 28.4 Å². The number of hydrogen-bond donors (Lipinski definition) is 1. The molecular weight excluding hydrogens is 454 g/mol. The van der Waals surface area contributed by atoms with Crippen LogP contribution in [-0.2, 0) is 16.2 Å². The van der Waals surface area contributed by atoms with Crippen LogP contribution in [0.3, 0.4) is 0 Å². The van der Waals surface area contributed by atoms with Crippen LogP contribution < -0.4 is 5.32 Å². The van der Waals surface area contributed by atoms with E-state index in [-0.39, 0.29) is 24.8 Å². The number of aryl methyl sites for hydroxylation is 1. The third kappa shape index (κ3) is 4.05. The number of hydrogen-bond acceptors (Lipinski definition) is 5. The highest BCUT2D eigenvalue weighted by Gasteiger charge is 2.38. The number of likely N-dealkylation sites (tertiary alicyclic amines) is 1. The Morgan fingerprint density at radius 3 is 2.56 bits per heavy atom. The highest BCUT2D eigenvalue weighted by atomic mass is 16.6. The Labute approximate surface area is 208 Å². The normalized spacial score (nSPS) is 16.4. The number of fused-ring (bicyclic) bond motifs is 3. The summed E-state index contributed by atoms with van der Waals surface area (Å²) in [5.41, 5.74) is 4.39. The van der Waals surface area contributed by atoms with Gasteiger partial charge in [0.1, 0.15) is 13.2 Å². The first-order valence-electron chi connectivity index (χ1n) is 11.8. The van der Waals surface area contributed by atoms with Crippen LogP contribution in [0.1, 0.15) is 29.3 Å². The second-order valence-electron chi connectivity index (χ2n) is 8.66. The third-order valence-electron chi connectivity index (χ3n) is 6.56. The van der Waals surface area contributed by atoms with Gasteiger partial charge >= 0.3 is 0 Å². The molecule has 8 heteroatoms. The molecule has 4 aromatic rings. The molecule has 1 aliphatic heterocycles. The first-order valence-corrected chi connectivity index (χ1v) is 11.8. The number of aromatic nitrogens is 1. The predicted molar refractivity (Wildman–Crippen MR) is 139 cm³/mol. The maximum absolute atomic E-state index is 13.4. The van der Waals surface area contributed by atoms with E-state index in [0.29, 0.717) is 22.5 Å². The van der Waals surface area contributed by atoms with Crippen molar-refractivity contribution in [1.29, 1.82) is 5.26 Å². The van der Waals surface area contributed by atoms with Crippen LogP contribution in [-0.4, -0.2) is 46.7 Å². The lowest BCUT2D eigenvalue weighted by Gasteiger charge is -2.23. The molecule has 1 N–H and O–H groups in total. The Morgan fingerprint density at radius 1 is 1.08 bits per heavy atom. The number of rotatable bonds is 5. The molecule has 1 aromatic heterocycles. The highest BCUT2D eigenvalue weighted by molar-refractivity contribution is 6.11. The van der Waals surface area contributed by atoms with Gasteiger partial charge in [-0.1, -0.05) is 23.4 Å². The minimum Gasteiger partial charge on any atom is -0.399 e. The van der Waals surface area contributed by atoms with Crippen molar-refractivity contribution in [1.82, 2.24) is 9.47 Å². The molecular formula is C28H25N5O3. The van der Waals surface area contributed by atoms with Gasteiger partial charge in [-0.15, -0.1) is 0 Å². The van der Waals surface area contributed by atoms with Gasteiger partial charge in [-0.25, -0.2) is 0 Å². The Morgan fingerprint density at radius 2 is 1.83 bits per heavy atom. The van der Waals surface area contributed by atoms with Gasteiger partial charge in [0.2, 0.25) is 5.91 Å². The lowest BCUT2D eigenvalue weighted by molar-refractivity contribution is -0.119. The van der Waals surface area contributed by atoms with Gasteiger partial charge in [0.05, 0.1) is 23.9 Å². The molecule has 1 atom stereocenters. The van der Waals surface area contributed by atoms with E-state index in [1.54, 1.807) is 24.3 Å². The van der Waals surface area contributed by atoms with Crippen LogP contribution in [0.5, 0.6) is 0 Å². The van der Waals surface area contributed by atoms with Crippen molar-refractivity contribution in [3.8, 4) is 6.07 Å². The summed E-state index contributed by atoms with van der Waals surface area (Å²) in [6, 6.07) is 21.8. The largest absolute Gasteiger partial charge is 0.399 e. The number of anilines is 1. The summed E-state index contributed by atoms with van der Waals surface area (Å²) in [6.07, 6.45) is 0.277. The molecule has 2 amide bonds. The van der Waals surface area contributed by atoms with E-state index in [2.05, 4.69) is 34.1 Å². The van der Waals surface area contributed by atoms with Crippen molar-refractivity contribution in [3.05, 3.63) is 77.9 Å². The van der Waals surface area contributed by atoms with E-state index in [1.807, 2.05) is 36.4 Å². The van der Waals surface area contributed by atoms with Crippen LogP contribution in [0.2, 0.25) is 0 Å². The fourth-order valence-corrected chi connectivity index (χ4v) is 4.90. The van der Waals surface area contributed by atoms with Crippen LogP contribution in [0.25, 0.3) is 21.8 Å². The molecule has 0 radical (unpaired) electrons. The molecule has 1 fully saturated rings. The zero-order valence-corrected chi connectivity index (χ0v) is 20.1. The molecule has 0 spiro atoms. The van der Waals surface area contributed by atoms with Crippen molar-refractivity contribution in [2.24, 2.45) is 5.16 Å². The number of benzene rings is 3. The monoisotopic (exact) mass is 479 g/mol. The highest BCUT2D eigenvalue weighted by Crippen LogP contribution is 2.31. The smallest absolute Gasteiger partial charge is 0.254 e. The van der Waals surface area contributed by atoms with Gasteiger partial charge < -0.3 is 19.6 Å². The fraction of sp³-hybridized carbons (Fsp3) is 0.214. The number of oxime groups is 1. The minimum absolute atomic E-state index is 0.188. The molecule has 2 heterocycles. The summed E-state index contributed by atoms with van der Waals surface area (Å²) in [6.45, 7) is 3.14.